The van der Waals surface area contributed by atoms with Crippen molar-refractivity contribution in [2.45, 2.75) is 18.7 Å². The monoisotopic (exact) mass is 260 g/mol. The van der Waals surface area contributed by atoms with Crippen molar-refractivity contribution >= 4 is 10.0 Å². The highest BCUT2D eigenvalue weighted by Gasteiger charge is 2.18. The number of aliphatic hydroxyl groups is 1. The van der Waals surface area contributed by atoms with Crippen LogP contribution in [0.1, 0.15) is 12.5 Å². The zero-order valence-corrected chi connectivity index (χ0v) is 10.6. The predicted molar refractivity (Wildman–Crippen MR) is 63.1 cm³/mol. The van der Waals surface area contributed by atoms with E-state index in [1.54, 1.807) is 12.1 Å². The molecule has 0 saturated heterocycles. The minimum absolute atomic E-state index is 0.144. The lowest BCUT2D eigenvalue weighted by atomic mass is 10.3. The van der Waals surface area contributed by atoms with Crippen molar-refractivity contribution in [2.24, 2.45) is 0 Å². The van der Waals surface area contributed by atoms with E-state index in [0.717, 1.165) is 5.56 Å². The molecule has 0 aromatic carbocycles. The molecule has 0 amide bonds. The van der Waals surface area contributed by atoms with Crippen LogP contribution in [0.5, 0.6) is 5.88 Å². The van der Waals surface area contributed by atoms with Gasteiger partial charge < -0.3 is 9.84 Å². The first kappa shape index (κ1) is 13.9. The number of methoxy groups -OCH3 is 1. The molecule has 1 rings (SSSR count). The van der Waals surface area contributed by atoms with Gasteiger partial charge in [0.05, 0.1) is 19.0 Å². The van der Waals surface area contributed by atoms with Crippen LogP contribution in [0.25, 0.3) is 0 Å². The van der Waals surface area contributed by atoms with Crippen molar-refractivity contribution in [3.8, 4) is 5.88 Å². The van der Waals surface area contributed by atoms with E-state index in [1.807, 2.05) is 0 Å². The molecule has 96 valence electrons. The second kappa shape index (κ2) is 5.95. The summed E-state index contributed by atoms with van der Waals surface area (Å²) in [6, 6.07) is 3.33. The van der Waals surface area contributed by atoms with Crippen LogP contribution in [0.4, 0.5) is 0 Å². The fourth-order valence-electron chi connectivity index (χ4n) is 1.10. The highest BCUT2D eigenvalue weighted by atomic mass is 32.2. The lowest BCUT2D eigenvalue weighted by Gasteiger charge is -2.11. The molecule has 1 heterocycles. The molecule has 0 spiro atoms. The van der Waals surface area contributed by atoms with E-state index in [4.69, 9.17) is 9.84 Å². The Bertz CT molecular complexity index is 461. The van der Waals surface area contributed by atoms with Crippen LogP contribution in [-0.2, 0) is 16.6 Å². The van der Waals surface area contributed by atoms with Crippen molar-refractivity contribution in [1.82, 2.24) is 9.71 Å². The van der Waals surface area contributed by atoms with Crippen LogP contribution < -0.4 is 9.46 Å². The Labute approximate surface area is 101 Å². The number of hydrogen-bond donors (Lipinski definition) is 2. The molecule has 0 saturated carbocycles. The standard InChI is InChI=1S/C10H16N2O4S/c1-8(7-13)17(14,15)12-6-9-3-4-11-10(5-9)16-2/h3-5,8,12-13H,6-7H2,1-2H3. The topological polar surface area (TPSA) is 88.5 Å². The van der Waals surface area contributed by atoms with Crippen molar-refractivity contribution in [3.05, 3.63) is 23.9 Å². The lowest BCUT2D eigenvalue weighted by Crippen LogP contribution is -2.34. The van der Waals surface area contributed by atoms with Gasteiger partial charge in [-0.05, 0) is 18.6 Å². The first-order chi connectivity index (χ1) is 7.99. The average molecular weight is 260 g/mol. The lowest BCUT2D eigenvalue weighted by molar-refractivity contribution is 0.294. The summed E-state index contributed by atoms with van der Waals surface area (Å²) in [4.78, 5) is 3.91. The smallest absolute Gasteiger partial charge is 0.216 e. The summed E-state index contributed by atoms with van der Waals surface area (Å²) in [7, 11) is -2.00. The molecule has 0 aliphatic carbocycles. The van der Waals surface area contributed by atoms with E-state index in [9.17, 15) is 8.42 Å². The minimum atomic E-state index is -3.49. The molecular weight excluding hydrogens is 244 g/mol. The molecule has 7 heteroatoms. The molecule has 2 N–H and O–H groups in total. The third-order valence-electron chi connectivity index (χ3n) is 2.27. The number of rotatable bonds is 6. The largest absolute Gasteiger partial charge is 0.481 e. The Morgan fingerprint density at radius 3 is 2.88 bits per heavy atom. The van der Waals surface area contributed by atoms with Crippen LogP contribution in [0, 0.1) is 0 Å². The van der Waals surface area contributed by atoms with Gasteiger partial charge in [0.2, 0.25) is 15.9 Å². The SMILES string of the molecule is COc1cc(CNS(=O)(=O)C(C)CO)ccn1. The van der Waals surface area contributed by atoms with Gasteiger partial charge in [0.25, 0.3) is 0 Å². The van der Waals surface area contributed by atoms with Crippen LogP contribution in [0.15, 0.2) is 18.3 Å². The van der Waals surface area contributed by atoms with Crippen LogP contribution in [-0.4, -0.2) is 37.5 Å². The van der Waals surface area contributed by atoms with Gasteiger partial charge in [-0.25, -0.2) is 18.1 Å². The molecule has 6 nitrogen and oxygen atoms in total. The highest BCUT2D eigenvalue weighted by Crippen LogP contribution is 2.09. The van der Waals surface area contributed by atoms with Gasteiger partial charge in [0.1, 0.15) is 0 Å². The Morgan fingerprint density at radius 1 is 1.59 bits per heavy atom. The molecule has 1 aromatic heterocycles. The fraction of sp³-hybridized carbons (Fsp3) is 0.500. The molecule has 0 radical (unpaired) electrons. The second-order valence-electron chi connectivity index (χ2n) is 3.57. The number of ether oxygens (including phenoxy) is 1. The number of hydrogen-bond acceptors (Lipinski definition) is 5. The Balaban J connectivity index is 2.67. The van der Waals surface area contributed by atoms with Gasteiger partial charge in [-0.1, -0.05) is 0 Å². The van der Waals surface area contributed by atoms with Gasteiger partial charge in [0, 0.05) is 18.8 Å². The Morgan fingerprint density at radius 2 is 2.29 bits per heavy atom. The highest BCUT2D eigenvalue weighted by molar-refractivity contribution is 7.90. The van der Waals surface area contributed by atoms with Crippen LogP contribution >= 0.6 is 0 Å². The summed E-state index contributed by atoms with van der Waals surface area (Å²) in [5, 5.41) is 7.97. The van der Waals surface area contributed by atoms with E-state index in [0.29, 0.717) is 5.88 Å². The molecule has 1 unspecified atom stereocenters. The number of sulfonamides is 1. The van der Waals surface area contributed by atoms with Crippen LogP contribution in [0.2, 0.25) is 0 Å². The van der Waals surface area contributed by atoms with E-state index in [2.05, 4.69) is 9.71 Å². The predicted octanol–water partition coefficient (Wildman–Crippen LogP) is -0.110. The molecule has 0 fully saturated rings. The molecular formula is C10H16N2O4S. The maximum absolute atomic E-state index is 11.6. The first-order valence-electron chi connectivity index (χ1n) is 5.08. The summed E-state index contributed by atoms with van der Waals surface area (Å²) >= 11 is 0. The van der Waals surface area contributed by atoms with Crippen LogP contribution in [0.3, 0.4) is 0 Å². The molecule has 0 aliphatic heterocycles. The third-order valence-corrected chi connectivity index (χ3v) is 4.03. The number of pyridine rings is 1. The molecule has 17 heavy (non-hydrogen) atoms. The van der Waals surface area contributed by atoms with Crippen molar-refractivity contribution in [1.29, 1.82) is 0 Å². The van der Waals surface area contributed by atoms with Gasteiger partial charge in [-0.2, -0.15) is 0 Å². The average Bonchev–Trinajstić information content (AvgIpc) is 2.35. The molecule has 0 bridgehead atoms. The number of nitrogens with one attached hydrogen (secondary N) is 1. The van der Waals surface area contributed by atoms with Crippen molar-refractivity contribution in [2.75, 3.05) is 13.7 Å². The normalized spacial score (nSPS) is 13.4. The van der Waals surface area contributed by atoms with Crippen molar-refractivity contribution in [3.63, 3.8) is 0 Å². The number of aliphatic hydroxyl groups excluding tert-OH is 1. The van der Waals surface area contributed by atoms with E-state index in [-0.39, 0.29) is 6.54 Å². The summed E-state index contributed by atoms with van der Waals surface area (Å²) in [6.07, 6.45) is 1.54. The fourth-order valence-corrected chi connectivity index (χ4v) is 1.94. The molecule has 0 aliphatic rings. The van der Waals surface area contributed by atoms with Gasteiger partial charge >= 0.3 is 0 Å². The van der Waals surface area contributed by atoms with Gasteiger partial charge in [-0.15, -0.1) is 0 Å². The Kier molecular flexibility index (Phi) is 4.86. The summed E-state index contributed by atoms with van der Waals surface area (Å²) < 4.78 is 30.5. The van der Waals surface area contributed by atoms with E-state index >= 15 is 0 Å². The third kappa shape index (κ3) is 3.95. The van der Waals surface area contributed by atoms with E-state index in [1.165, 1.54) is 20.2 Å². The maximum Gasteiger partial charge on any atom is 0.216 e. The summed E-state index contributed by atoms with van der Waals surface area (Å²) in [5.74, 6) is 0.428. The number of nitrogens with zero attached hydrogens (tertiary/aromatic N) is 1. The molecule has 1 atom stereocenters. The van der Waals surface area contributed by atoms with Crippen molar-refractivity contribution < 1.29 is 18.3 Å². The summed E-state index contributed by atoms with van der Waals surface area (Å²) in [5.41, 5.74) is 0.741. The first-order valence-corrected chi connectivity index (χ1v) is 6.62. The Hall–Kier alpha value is -1.18. The van der Waals surface area contributed by atoms with Gasteiger partial charge in [0.15, 0.2) is 0 Å². The minimum Gasteiger partial charge on any atom is -0.481 e. The quantitative estimate of drug-likeness (QED) is 0.745. The zero-order valence-electron chi connectivity index (χ0n) is 9.75. The second-order valence-corrected chi connectivity index (χ2v) is 5.75. The number of aromatic nitrogens is 1. The van der Waals surface area contributed by atoms with E-state index < -0.39 is 21.9 Å². The van der Waals surface area contributed by atoms with Gasteiger partial charge in [-0.3, -0.25) is 0 Å². The maximum atomic E-state index is 11.6. The summed E-state index contributed by atoms with van der Waals surface area (Å²) in [6.45, 7) is 1.18. The molecule has 1 aromatic rings. The zero-order chi connectivity index (χ0) is 12.9.